The molecule has 2 unspecified atom stereocenters. The smallest absolute Gasteiger partial charge is 0.311 e. The van der Waals surface area contributed by atoms with Crippen molar-refractivity contribution in [2.24, 2.45) is 11.7 Å². The van der Waals surface area contributed by atoms with E-state index < -0.39 is 23.8 Å². The molecule has 0 bridgehead atoms. The Bertz CT molecular complexity index is 1200. The molecule has 2 aromatic carbocycles. The van der Waals surface area contributed by atoms with Crippen molar-refractivity contribution in [1.82, 2.24) is 10.3 Å². The van der Waals surface area contributed by atoms with Gasteiger partial charge in [-0.2, -0.15) is 0 Å². The molecule has 0 saturated heterocycles. The van der Waals surface area contributed by atoms with Gasteiger partial charge in [-0.1, -0.05) is 60.1 Å². The summed E-state index contributed by atoms with van der Waals surface area (Å²) in [5.41, 5.74) is 8.75. The van der Waals surface area contributed by atoms with Crippen molar-refractivity contribution in [1.29, 1.82) is 0 Å². The zero-order chi connectivity index (χ0) is 24.1. The maximum absolute atomic E-state index is 12.9. The van der Waals surface area contributed by atoms with E-state index in [1.54, 1.807) is 30.5 Å². The maximum Gasteiger partial charge on any atom is 0.311 e. The molecule has 1 heterocycles. The highest BCUT2D eigenvalue weighted by atomic mass is 35.5. The van der Waals surface area contributed by atoms with Gasteiger partial charge in [0.25, 0.3) is 5.91 Å². The van der Waals surface area contributed by atoms with E-state index in [4.69, 9.17) is 33.7 Å². The quantitative estimate of drug-likeness (QED) is 0.412. The van der Waals surface area contributed by atoms with Crippen LogP contribution in [0, 0.1) is 5.92 Å². The van der Waals surface area contributed by atoms with Gasteiger partial charge in [-0.05, 0) is 36.6 Å². The van der Waals surface area contributed by atoms with Crippen LogP contribution in [0.4, 0.5) is 0 Å². The Balaban J connectivity index is 1.76. The van der Waals surface area contributed by atoms with Crippen LogP contribution in [0.2, 0.25) is 10.0 Å². The number of hydrogen-bond donors (Lipinski definition) is 2. The summed E-state index contributed by atoms with van der Waals surface area (Å²) in [7, 11) is 1.32. The van der Waals surface area contributed by atoms with Gasteiger partial charge < -0.3 is 15.8 Å². The van der Waals surface area contributed by atoms with E-state index >= 15 is 0 Å². The molecule has 3 N–H and O–H groups in total. The normalized spacial score (nSPS) is 12.6. The SMILES string of the molecule is C=C(N)c1cccc(CC(C(=O)OC)C(C)NC(=O)c2csc(-c3cccc(Cl)c3Cl)n2)c1. The summed E-state index contributed by atoms with van der Waals surface area (Å²) < 4.78 is 4.98. The number of esters is 1. The molecule has 0 saturated carbocycles. The standard InChI is InChI=1S/C24H23Cl2N3O3S/c1-13(27)16-7-4-6-15(10-16)11-18(24(31)32-3)14(2)28-22(30)20-12-33-23(29-20)17-8-5-9-19(25)21(17)26/h4-10,12,14,18H,1,11,27H2,2-3H3,(H,28,30). The fraction of sp³-hybridized carbons (Fsp3) is 0.208. The lowest BCUT2D eigenvalue weighted by atomic mass is 9.92. The lowest BCUT2D eigenvalue weighted by Crippen LogP contribution is -2.42. The highest BCUT2D eigenvalue weighted by molar-refractivity contribution is 7.13. The Kier molecular flexibility index (Phi) is 8.13. The molecule has 3 aromatic rings. The molecule has 0 aliphatic rings. The number of methoxy groups -OCH3 is 1. The van der Waals surface area contributed by atoms with E-state index in [1.165, 1.54) is 18.4 Å². The number of hydrogen-bond acceptors (Lipinski definition) is 6. The van der Waals surface area contributed by atoms with Crippen LogP contribution in [0.1, 0.15) is 28.5 Å². The first-order valence-electron chi connectivity index (χ1n) is 10.0. The summed E-state index contributed by atoms with van der Waals surface area (Å²) in [6, 6.07) is 12.2. The molecular formula is C24H23Cl2N3O3S. The van der Waals surface area contributed by atoms with Crippen molar-refractivity contribution in [3.8, 4) is 10.6 Å². The number of rotatable bonds is 8. The Labute approximate surface area is 206 Å². The molecular weight excluding hydrogens is 481 g/mol. The van der Waals surface area contributed by atoms with Gasteiger partial charge in [-0.3, -0.25) is 9.59 Å². The second-order valence-electron chi connectivity index (χ2n) is 7.46. The molecule has 0 fully saturated rings. The molecule has 2 atom stereocenters. The van der Waals surface area contributed by atoms with Crippen LogP contribution < -0.4 is 11.1 Å². The number of halogens is 2. The van der Waals surface area contributed by atoms with Crippen LogP contribution in [0.3, 0.4) is 0 Å². The van der Waals surface area contributed by atoms with Gasteiger partial charge in [0.05, 0.1) is 23.1 Å². The van der Waals surface area contributed by atoms with E-state index in [0.717, 1.165) is 11.1 Å². The van der Waals surface area contributed by atoms with E-state index in [9.17, 15) is 9.59 Å². The molecule has 0 radical (unpaired) electrons. The average Bonchev–Trinajstić information content (AvgIpc) is 3.29. The fourth-order valence-electron chi connectivity index (χ4n) is 3.32. The molecule has 3 rings (SSSR count). The topological polar surface area (TPSA) is 94.3 Å². The molecule has 0 aliphatic heterocycles. The van der Waals surface area contributed by atoms with Crippen LogP contribution in [0.5, 0.6) is 0 Å². The second kappa shape index (κ2) is 10.8. The molecule has 9 heteroatoms. The monoisotopic (exact) mass is 503 g/mol. The van der Waals surface area contributed by atoms with Crippen LogP contribution in [0.15, 0.2) is 54.4 Å². The van der Waals surface area contributed by atoms with Crippen molar-refractivity contribution < 1.29 is 14.3 Å². The van der Waals surface area contributed by atoms with Gasteiger partial charge in [0.1, 0.15) is 10.7 Å². The number of amides is 1. The average molecular weight is 504 g/mol. The van der Waals surface area contributed by atoms with Crippen LogP contribution in [-0.2, 0) is 16.0 Å². The first kappa shape index (κ1) is 24.8. The third kappa shape index (κ3) is 5.93. The number of nitrogens with zero attached hydrogens (tertiary/aromatic N) is 1. The highest BCUT2D eigenvalue weighted by Crippen LogP contribution is 2.35. The first-order valence-corrected chi connectivity index (χ1v) is 11.7. The summed E-state index contributed by atoms with van der Waals surface area (Å²) in [6.07, 6.45) is 0.357. The second-order valence-corrected chi connectivity index (χ2v) is 9.10. The highest BCUT2D eigenvalue weighted by Gasteiger charge is 2.28. The molecule has 0 aliphatic carbocycles. The van der Waals surface area contributed by atoms with Gasteiger partial charge in [0.2, 0.25) is 0 Å². The van der Waals surface area contributed by atoms with Crippen molar-refractivity contribution >= 4 is 52.1 Å². The Hall–Kier alpha value is -2.87. The maximum atomic E-state index is 12.9. The van der Waals surface area contributed by atoms with Crippen molar-refractivity contribution in [3.63, 3.8) is 0 Å². The zero-order valence-corrected chi connectivity index (χ0v) is 20.4. The zero-order valence-electron chi connectivity index (χ0n) is 18.1. The molecule has 33 heavy (non-hydrogen) atoms. The fourth-order valence-corrected chi connectivity index (χ4v) is 4.60. The van der Waals surface area contributed by atoms with E-state index in [0.29, 0.717) is 32.7 Å². The summed E-state index contributed by atoms with van der Waals surface area (Å²) in [4.78, 5) is 29.8. The summed E-state index contributed by atoms with van der Waals surface area (Å²) in [5.74, 6) is -1.44. The van der Waals surface area contributed by atoms with Gasteiger partial charge in [0.15, 0.2) is 0 Å². The van der Waals surface area contributed by atoms with Gasteiger partial charge in [-0.15, -0.1) is 11.3 Å². The minimum absolute atomic E-state index is 0.225. The molecule has 172 valence electrons. The van der Waals surface area contributed by atoms with Crippen LogP contribution >= 0.6 is 34.5 Å². The summed E-state index contributed by atoms with van der Waals surface area (Å²) >= 11 is 13.6. The number of carbonyl (C=O) groups excluding carboxylic acids is 2. The number of aromatic nitrogens is 1. The van der Waals surface area contributed by atoms with Crippen molar-refractivity contribution in [3.05, 3.63) is 81.3 Å². The lowest BCUT2D eigenvalue weighted by Gasteiger charge is -2.23. The number of ether oxygens (including phenoxy) is 1. The molecule has 6 nitrogen and oxygen atoms in total. The van der Waals surface area contributed by atoms with Gasteiger partial charge in [0, 0.05) is 22.7 Å². The first-order chi connectivity index (χ1) is 15.7. The van der Waals surface area contributed by atoms with E-state index in [-0.39, 0.29) is 5.69 Å². The van der Waals surface area contributed by atoms with E-state index in [1.807, 2.05) is 24.3 Å². The lowest BCUT2D eigenvalue weighted by molar-refractivity contribution is -0.146. The Morgan fingerprint density at radius 2 is 1.97 bits per heavy atom. The third-order valence-corrected chi connectivity index (χ3v) is 6.83. The number of thiazole rings is 1. The van der Waals surface area contributed by atoms with E-state index in [2.05, 4.69) is 16.9 Å². The minimum atomic E-state index is -0.610. The van der Waals surface area contributed by atoms with Crippen LogP contribution in [-0.4, -0.2) is 30.0 Å². The van der Waals surface area contributed by atoms with Gasteiger partial charge in [-0.25, -0.2) is 4.98 Å². The minimum Gasteiger partial charge on any atom is -0.469 e. The molecule has 1 aromatic heterocycles. The molecule has 1 amide bonds. The van der Waals surface area contributed by atoms with Crippen LogP contribution in [0.25, 0.3) is 16.3 Å². The molecule has 0 spiro atoms. The third-order valence-electron chi connectivity index (χ3n) is 5.14. The predicted molar refractivity (Wildman–Crippen MR) is 133 cm³/mol. The summed E-state index contributed by atoms with van der Waals surface area (Å²) in [5, 5.41) is 5.86. The summed E-state index contributed by atoms with van der Waals surface area (Å²) in [6.45, 7) is 5.50. The van der Waals surface area contributed by atoms with Gasteiger partial charge >= 0.3 is 5.97 Å². The number of carbonyl (C=O) groups is 2. The number of benzene rings is 2. The Morgan fingerprint density at radius 3 is 2.67 bits per heavy atom. The predicted octanol–water partition coefficient (Wildman–Crippen LogP) is 5.20. The largest absolute Gasteiger partial charge is 0.469 e. The number of nitrogens with two attached hydrogens (primary N) is 1. The van der Waals surface area contributed by atoms with Crippen molar-refractivity contribution in [2.45, 2.75) is 19.4 Å². The van der Waals surface area contributed by atoms with Crippen molar-refractivity contribution in [2.75, 3.05) is 7.11 Å². The Morgan fingerprint density at radius 1 is 1.24 bits per heavy atom. The number of nitrogens with one attached hydrogen (secondary N) is 1.